The number of alkyl halides is 2. The van der Waals surface area contributed by atoms with Crippen LogP contribution < -0.4 is 4.90 Å². The van der Waals surface area contributed by atoms with Crippen LogP contribution in [-0.4, -0.2) is 58.3 Å². The SMILES string of the molecule is CN1CC2(C1)CN(C(=S)N(Cc1ccc(-c3nnc(C(F)F)o3)cc1)c1ccc(F)cc1)C2. The molecule has 0 aliphatic carbocycles. The van der Waals surface area contributed by atoms with E-state index in [9.17, 15) is 13.2 Å². The minimum absolute atomic E-state index is 0.0408. The van der Waals surface area contributed by atoms with Crippen LogP contribution in [0.2, 0.25) is 0 Å². The van der Waals surface area contributed by atoms with Crippen LogP contribution in [0.4, 0.5) is 18.9 Å². The van der Waals surface area contributed by atoms with Crippen LogP contribution in [0.5, 0.6) is 0 Å². The van der Waals surface area contributed by atoms with Gasteiger partial charge in [0, 0.05) is 42.8 Å². The van der Waals surface area contributed by atoms with Gasteiger partial charge in [-0.15, -0.1) is 10.2 Å². The first-order chi connectivity index (χ1) is 15.8. The van der Waals surface area contributed by atoms with Gasteiger partial charge < -0.3 is 19.1 Å². The molecule has 2 aliphatic heterocycles. The lowest BCUT2D eigenvalue weighted by Gasteiger charge is -2.60. The Balaban J connectivity index is 1.33. The number of thiocarbonyl (C=S) groups is 1. The number of benzene rings is 2. The fourth-order valence-corrected chi connectivity index (χ4v) is 4.93. The van der Waals surface area contributed by atoms with Gasteiger partial charge in [-0.3, -0.25) is 0 Å². The third-order valence-electron chi connectivity index (χ3n) is 6.07. The lowest BCUT2D eigenvalue weighted by atomic mass is 9.73. The molecule has 0 saturated carbocycles. The van der Waals surface area contributed by atoms with Crippen LogP contribution in [0.15, 0.2) is 52.9 Å². The Bertz CT molecular complexity index is 1140. The lowest BCUT2D eigenvalue weighted by molar-refractivity contribution is -0.0733. The fraction of sp³-hybridized carbons (Fsp3) is 0.348. The van der Waals surface area contributed by atoms with Gasteiger partial charge in [0.2, 0.25) is 5.89 Å². The summed E-state index contributed by atoms with van der Waals surface area (Å²) >= 11 is 5.84. The second kappa shape index (κ2) is 8.42. The maximum Gasteiger partial charge on any atom is 0.314 e. The minimum Gasteiger partial charge on any atom is -0.415 e. The smallest absolute Gasteiger partial charge is 0.314 e. The highest BCUT2D eigenvalue weighted by atomic mass is 32.1. The highest BCUT2D eigenvalue weighted by Crippen LogP contribution is 2.39. The van der Waals surface area contributed by atoms with E-state index in [2.05, 4.69) is 27.0 Å². The molecular formula is C23H22F3N5OS. The van der Waals surface area contributed by atoms with E-state index >= 15 is 0 Å². The molecule has 2 aliphatic rings. The van der Waals surface area contributed by atoms with Gasteiger partial charge in [0.15, 0.2) is 5.11 Å². The van der Waals surface area contributed by atoms with Crippen molar-refractivity contribution in [3.8, 4) is 11.5 Å². The van der Waals surface area contributed by atoms with E-state index in [-0.39, 0.29) is 11.7 Å². The van der Waals surface area contributed by atoms with Crippen molar-refractivity contribution in [3.05, 3.63) is 65.8 Å². The first-order valence-corrected chi connectivity index (χ1v) is 10.9. The van der Waals surface area contributed by atoms with Gasteiger partial charge in [-0.2, -0.15) is 8.78 Å². The Morgan fingerprint density at radius 3 is 2.30 bits per heavy atom. The zero-order valence-corrected chi connectivity index (χ0v) is 18.7. The largest absolute Gasteiger partial charge is 0.415 e. The molecular weight excluding hydrogens is 451 g/mol. The molecule has 2 saturated heterocycles. The maximum atomic E-state index is 13.5. The zero-order valence-electron chi connectivity index (χ0n) is 17.9. The van der Waals surface area contributed by atoms with Gasteiger partial charge >= 0.3 is 6.43 Å². The van der Waals surface area contributed by atoms with Crippen molar-refractivity contribution in [2.75, 3.05) is 38.1 Å². The van der Waals surface area contributed by atoms with Crippen LogP contribution in [0, 0.1) is 11.2 Å². The minimum atomic E-state index is -2.81. The van der Waals surface area contributed by atoms with Gasteiger partial charge in [-0.25, -0.2) is 4.39 Å². The van der Waals surface area contributed by atoms with Gasteiger partial charge in [-0.05, 0) is 61.2 Å². The van der Waals surface area contributed by atoms with E-state index in [1.807, 2.05) is 17.0 Å². The second-order valence-electron chi connectivity index (χ2n) is 8.82. The summed E-state index contributed by atoms with van der Waals surface area (Å²) in [7, 11) is 2.11. The van der Waals surface area contributed by atoms with Crippen molar-refractivity contribution < 1.29 is 17.6 Å². The lowest BCUT2D eigenvalue weighted by Crippen LogP contribution is -2.73. The zero-order chi connectivity index (χ0) is 23.2. The molecule has 6 nitrogen and oxygen atoms in total. The van der Waals surface area contributed by atoms with E-state index in [4.69, 9.17) is 16.6 Å². The Morgan fingerprint density at radius 1 is 1.06 bits per heavy atom. The third kappa shape index (κ3) is 4.32. The van der Waals surface area contributed by atoms with Crippen LogP contribution in [0.25, 0.3) is 11.5 Å². The average molecular weight is 474 g/mol. The molecule has 33 heavy (non-hydrogen) atoms. The molecule has 10 heteroatoms. The van der Waals surface area contributed by atoms with Crippen LogP contribution in [0.1, 0.15) is 17.9 Å². The number of anilines is 1. The van der Waals surface area contributed by atoms with Crippen molar-refractivity contribution in [2.24, 2.45) is 5.41 Å². The summed E-state index contributed by atoms with van der Waals surface area (Å²) in [6, 6.07) is 13.5. The van der Waals surface area contributed by atoms with Crippen LogP contribution >= 0.6 is 12.2 Å². The van der Waals surface area contributed by atoms with E-state index in [0.29, 0.717) is 22.6 Å². The van der Waals surface area contributed by atoms with Crippen molar-refractivity contribution in [2.45, 2.75) is 13.0 Å². The molecule has 3 heterocycles. The Kier molecular flexibility index (Phi) is 5.57. The predicted molar refractivity (Wildman–Crippen MR) is 121 cm³/mol. The number of rotatable bonds is 5. The van der Waals surface area contributed by atoms with Gasteiger partial charge in [0.25, 0.3) is 5.89 Å². The summed E-state index contributed by atoms with van der Waals surface area (Å²) in [5, 5.41) is 7.75. The molecule has 0 bridgehead atoms. The predicted octanol–water partition coefficient (Wildman–Crippen LogP) is 4.35. The Labute approximate surface area is 194 Å². The summed E-state index contributed by atoms with van der Waals surface area (Å²) < 4.78 is 44.0. The molecule has 1 aromatic heterocycles. The Morgan fingerprint density at radius 2 is 1.73 bits per heavy atom. The molecule has 5 rings (SSSR count). The van der Waals surface area contributed by atoms with Gasteiger partial charge in [-0.1, -0.05) is 12.1 Å². The molecule has 1 spiro atoms. The number of hydrogen-bond acceptors (Lipinski definition) is 5. The second-order valence-corrected chi connectivity index (χ2v) is 9.18. The highest BCUT2D eigenvalue weighted by Gasteiger charge is 2.51. The van der Waals surface area contributed by atoms with Crippen molar-refractivity contribution >= 4 is 23.0 Å². The number of aromatic nitrogens is 2. The van der Waals surface area contributed by atoms with E-state index < -0.39 is 12.3 Å². The number of nitrogens with zero attached hydrogens (tertiary/aromatic N) is 5. The highest BCUT2D eigenvalue weighted by molar-refractivity contribution is 7.80. The van der Waals surface area contributed by atoms with Gasteiger partial charge in [0.05, 0.1) is 6.54 Å². The molecule has 3 aromatic rings. The van der Waals surface area contributed by atoms with Crippen molar-refractivity contribution in [1.82, 2.24) is 20.0 Å². The summed E-state index contributed by atoms with van der Waals surface area (Å²) in [6.45, 7) is 4.45. The quantitative estimate of drug-likeness (QED) is 0.511. The maximum absolute atomic E-state index is 13.5. The van der Waals surface area contributed by atoms with E-state index in [1.165, 1.54) is 12.1 Å². The number of likely N-dealkylation sites (tertiary alicyclic amines) is 2. The summed E-state index contributed by atoms with van der Waals surface area (Å²) in [4.78, 5) is 6.47. The van der Waals surface area contributed by atoms with Crippen molar-refractivity contribution in [3.63, 3.8) is 0 Å². The number of hydrogen-bond donors (Lipinski definition) is 0. The summed E-state index contributed by atoms with van der Waals surface area (Å²) in [5.74, 6) is -0.969. The molecule has 0 atom stereocenters. The summed E-state index contributed by atoms with van der Waals surface area (Å²) in [5.41, 5.74) is 2.62. The third-order valence-corrected chi connectivity index (χ3v) is 6.55. The molecule has 0 amide bonds. The van der Waals surface area contributed by atoms with Crippen molar-refractivity contribution in [1.29, 1.82) is 0 Å². The monoisotopic (exact) mass is 473 g/mol. The molecule has 0 N–H and O–H groups in total. The molecule has 2 aromatic carbocycles. The Hall–Kier alpha value is -2.98. The van der Waals surface area contributed by atoms with Crippen LogP contribution in [0.3, 0.4) is 0 Å². The first kappa shape index (κ1) is 21.8. The molecule has 2 fully saturated rings. The van der Waals surface area contributed by atoms with Crippen LogP contribution in [-0.2, 0) is 6.54 Å². The average Bonchev–Trinajstić information content (AvgIpc) is 3.25. The van der Waals surface area contributed by atoms with E-state index in [0.717, 1.165) is 37.4 Å². The topological polar surface area (TPSA) is 48.6 Å². The number of halogens is 3. The summed E-state index contributed by atoms with van der Waals surface area (Å²) in [6.07, 6.45) is -2.81. The molecule has 172 valence electrons. The molecule has 0 unspecified atom stereocenters. The first-order valence-electron chi connectivity index (χ1n) is 10.5. The van der Waals surface area contributed by atoms with E-state index in [1.54, 1.807) is 24.3 Å². The normalized spacial score (nSPS) is 17.2. The standard InChI is InChI=1S/C23H22F3N5OS/c1-29-11-23(12-29)13-30(14-23)22(33)31(18-8-6-17(24)7-9-18)10-15-2-4-16(5-3-15)20-27-28-21(32-20)19(25)26/h2-9,19H,10-14H2,1H3. The fourth-order valence-electron chi connectivity index (χ4n) is 4.63. The van der Waals surface area contributed by atoms with Gasteiger partial charge in [0.1, 0.15) is 5.82 Å². The molecule has 0 radical (unpaired) electrons.